The molecule has 7 heteroatoms. The van der Waals surface area contributed by atoms with Crippen molar-refractivity contribution in [2.24, 2.45) is 0 Å². The van der Waals surface area contributed by atoms with Crippen LogP contribution in [-0.4, -0.2) is 29.9 Å². The molecule has 30 heavy (non-hydrogen) atoms. The topological polar surface area (TPSA) is 69.4 Å². The summed E-state index contributed by atoms with van der Waals surface area (Å²) < 4.78 is 3.01. The molecule has 0 fully saturated rings. The zero-order valence-electron chi connectivity index (χ0n) is 16.2. The van der Waals surface area contributed by atoms with Gasteiger partial charge >= 0.3 is 0 Å². The largest absolute Gasteiger partial charge is 0.264 e. The van der Waals surface area contributed by atoms with Gasteiger partial charge in [0.15, 0.2) is 0 Å². The maximum Gasteiger partial charge on any atom is 0.139 e. The Kier molecular flexibility index (Phi) is 4.96. The van der Waals surface area contributed by atoms with E-state index in [0.717, 1.165) is 48.4 Å². The molecule has 0 N–H and O–H groups in total. The molecule has 6 nitrogen and oxygen atoms in total. The van der Waals surface area contributed by atoms with Crippen LogP contribution in [-0.2, 0) is 6.54 Å². The van der Waals surface area contributed by atoms with Crippen LogP contribution in [0.1, 0.15) is 11.3 Å². The first-order valence-corrected chi connectivity index (χ1v) is 10.6. The van der Waals surface area contributed by atoms with Crippen molar-refractivity contribution in [3.8, 4) is 22.6 Å². The molecule has 0 saturated carbocycles. The molecule has 0 saturated heterocycles. The summed E-state index contributed by atoms with van der Waals surface area (Å²) in [6.45, 7) is 2.55. The van der Waals surface area contributed by atoms with Crippen LogP contribution < -0.4 is 0 Å². The summed E-state index contributed by atoms with van der Waals surface area (Å²) in [5.74, 6) is 0. The van der Waals surface area contributed by atoms with E-state index in [1.165, 1.54) is 0 Å². The summed E-state index contributed by atoms with van der Waals surface area (Å²) >= 11 is 2.29. The Morgan fingerprint density at radius 2 is 1.93 bits per heavy atom. The molecule has 4 aromatic heterocycles. The normalized spacial score (nSPS) is 11.1. The van der Waals surface area contributed by atoms with Crippen LogP contribution in [0.15, 0.2) is 73.2 Å². The lowest BCUT2D eigenvalue weighted by atomic mass is 10.0. The third-order valence-electron chi connectivity index (χ3n) is 4.84. The Morgan fingerprint density at radius 1 is 1.00 bits per heavy atom. The Morgan fingerprint density at radius 3 is 2.77 bits per heavy atom. The first kappa shape index (κ1) is 18.8. The smallest absolute Gasteiger partial charge is 0.139 e. The Labute approximate surface area is 187 Å². The second-order valence-corrected chi connectivity index (χ2v) is 8.28. The van der Waals surface area contributed by atoms with Gasteiger partial charge in [0, 0.05) is 38.8 Å². The van der Waals surface area contributed by atoms with Crippen LogP contribution in [0, 0.1) is 10.5 Å². The predicted octanol–water partition coefficient (Wildman–Crippen LogP) is 4.91. The molecule has 0 unspecified atom stereocenters. The lowest BCUT2D eigenvalue weighted by molar-refractivity contribution is 0.654. The molecule has 5 rings (SSSR count). The summed E-state index contributed by atoms with van der Waals surface area (Å²) in [4.78, 5) is 13.4. The number of fused-ring (bicyclic) bond motifs is 1. The molecule has 4 heterocycles. The van der Waals surface area contributed by atoms with Gasteiger partial charge in [-0.3, -0.25) is 15.0 Å². The number of aryl methyl sites for hydroxylation is 1. The van der Waals surface area contributed by atoms with E-state index in [1.54, 1.807) is 6.20 Å². The predicted molar refractivity (Wildman–Crippen MR) is 125 cm³/mol. The number of rotatable bonds is 4. The minimum Gasteiger partial charge on any atom is -0.264 e. The summed E-state index contributed by atoms with van der Waals surface area (Å²) in [5.41, 5.74) is 6.49. The Hall–Kier alpha value is -3.20. The molecular formula is C23H17IN6. The maximum absolute atomic E-state index is 4.68. The van der Waals surface area contributed by atoms with Gasteiger partial charge in [0.2, 0.25) is 0 Å². The number of hydrogen-bond donors (Lipinski definition) is 0. The van der Waals surface area contributed by atoms with Crippen LogP contribution in [0.4, 0.5) is 0 Å². The minimum absolute atomic E-state index is 0.574. The number of hydrogen-bond acceptors (Lipinski definition) is 5. The Bertz CT molecular complexity index is 1350. The second-order valence-electron chi connectivity index (χ2n) is 7.03. The van der Waals surface area contributed by atoms with Gasteiger partial charge in [-0.2, -0.15) is 0 Å². The number of aromatic nitrogens is 6. The zero-order chi connectivity index (χ0) is 20.5. The molecular weight excluding hydrogens is 487 g/mol. The average molecular weight is 504 g/mol. The minimum atomic E-state index is 0.574. The first-order valence-electron chi connectivity index (χ1n) is 9.49. The van der Waals surface area contributed by atoms with E-state index in [1.807, 2.05) is 60.4 Å². The van der Waals surface area contributed by atoms with Crippen LogP contribution in [0.25, 0.3) is 33.5 Å². The SMILES string of the molecule is Cc1cccc(-c2nnn(Cc3cccnc3)c2-c2ccc3ncc(I)cc3c2)n1. The highest BCUT2D eigenvalue weighted by molar-refractivity contribution is 14.1. The average Bonchev–Trinajstić information content (AvgIpc) is 3.17. The third-order valence-corrected chi connectivity index (χ3v) is 5.43. The van der Waals surface area contributed by atoms with Gasteiger partial charge in [-0.05, 0) is 71.5 Å². The fourth-order valence-corrected chi connectivity index (χ4v) is 3.95. The van der Waals surface area contributed by atoms with Gasteiger partial charge in [-0.1, -0.05) is 23.4 Å². The van der Waals surface area contributed by atoms with Gasteiger partial charge in [0.1, 0.15) is 5.69 Å². The second kappa shape index (κ2) is 7.91. The first-order chi connectivity index (χ1) is 14.7. The quantitative estimate of drug-likeness (QED) is 0.326. The van der Waals surface area contributed by atoms with Crippen molar-refractivity contribution >= 4 is 33.5 Å². The monoisotopic (exact) mass is 504 g/mol. The molecule has 5 aromatic rings. The number of nitrogens with zero attached hydrogens (tertiary/aromatic N) is 6. The molecule has 0 aliphatic rings. The zero-order valence-corrected chi connectivity index (χ0v) is 18.4. The summed E-state index contributed by atoms with van der Waals surface area (Å²) in [5, 5.41) is 10.1. The summed E-state index contributed by atoms with van der Waals surface area (Å²) in [7, 11) is 0. The third kappa shape index (κ3) is 3.68. The number of halogens is 1. The number of pyridine rings is 3. The van der Waals surface area contributed by atoms with Crippen LogP contribution in [0.5, 0.6) is 0 Å². The van der Waals surface area contributed by atoms with Crippen LogP contribution in [0.2, 0.25) is 0 Å². The van der Waals surface area contributed by atoms with Crippen LogP contribution in [0.3, 0.4) is 0 Å². The van der Waals surface area contributed by atoms with E-state index in [0.29, 0.717) is 6.54 Å². The van der Waals surface area contributed by atoms with E-state index >= 15 is 0 Å². The van der Waals surface area contributed by atoms with Gasteiger partial charge < -0.3 is 0 Å². The van der Waals surface area contributed by atoms with E-state index in [9.17, 15) is 0 Å². The van der Waals surface area contributed by atoms with E-state index in [2.05, 4.69) is 66.1 Å². The fourth-order valence-electron chi connectivity index (χ4n) is 3.47. The molecule has 0 bridgehead atoms. The van der Waals surface area contributed by atoms with Crippen molar-refractivity contribution in [3.05, 3.63) is 88.0 Å². The summed E-state index contributed by atoms with van der Waals surface area (Å²) in [6, 6.07) is 18.3. The molecule has 0 radical (unpaired) electrons. The molecule has 0 amide bonds. The molecule has 146 valence electrons. The van der Waals surface area contributed by atoms with Gasteiger partial charge in [-0.25, -0.2) is 4.68 Å². The van der Waals surface area contributed by atoms with Crippen LogP contribution >= 0.6 is 22.6 Å². The van der Waals surface area contributed by atoms with Crippen molar-refractivity contribution in [2.45, 2.75) is 13.5 Å². The fraction of sp³-hybridized carbons (Fsp3) is 0.0870. The molecule has 0 atom stereocenters. The van der Waals surface area contributed by atoms with E-state index in [4.69, 9.17) is 0 Å². The maximum atomic E-state index is 4.68. The summed E-state index contributed by atoms with van der Waals surface area (Å²) in [6.07, 6.45) is 5.49. The van der Waals surface area contributed by atoms with E-state index in [-0.39, 0.29) is 0 Å². The number of benzene rings is 1. The highest BCUT2D eigenvalue weighted by Gasteiger charge is 2.19. The molecule has 0 aliphatic heterocycles. The highest BCUT2D eigenvalue weighted by Crippen LogP contribution is 2.32. The standard InChI is InChI=1S/C23H17IN6/c1-15-4-2-6-21(27-15)22-23(30(29-28-22)14-16-5-3-9-25-12-16)17-7-8-20-18(10-17)11-19(24)13-26-20/h2-13H,14H2,1H3. The molecule has 1 aromatic carbocycles. The van der Waals surface area contributed by atoms with Crippen molar-refractivity contribution < 1.29 is 0 Å². The Balaban J connectivity index is 1.70. The van der Waals surface area contributed by atoms with Gasteiger partial charge in [0.05, 0.1) is 23.4 Å². The van der Waals surface area contributed by atoms with Gasteiger partial charge in [-0.15, -0.1) is 5.10 Å². The molecule has 0 aliphatic carbocycles. The van der Waals surface area contributed by atoms with Crippen molar-refractivity contribution in [1.82, 2.24) is 29.9 Å². The van der Waals surface area contributed by atoms with Crippen molar-refractivity contribution in [3.63, 3.8) is 0 Å². The van der Waals surface area contributed by atoms with Crippen molar-refractivity contribution in [2.75, 3.05) is 0 Å². The van der Waals surface area contributed by atoms with Gasteiger partial charge in [0.25, 0.3) is 0 Å². The highest BCUT2D eigenvalue weighted by atomic mass is 127. The van der Waals surface area contributed by atoms with Crippen molar-refractivity contribution in [1.29, 1.82) is 0 Å². The van der Waals surface area contributed by atoms with E-state index < -0.39 is 0 Å². The lowest BCUT2D eigenvalue weighted by Crippen LogP contribution is -2.04. The molecule has 0 spiro atoms. The lowest BCUT2D eigenvalue weighted by Gasteiger charge is -2.10.